The van der Waals surface area contributed by atoms with Crippen LogP contribution in [0.3, 0.4) is 0 Å². The number of allylic oxidation sites excluding steroid dienone is 2. The second-order valence-electron chi connectivity index (χ2n) is 8.68. The van der Waals surface area contributed by atoms with Gasteiger partial charge in [-0.05, 0) is 30.4 Å². The van der Waals surface area contributed by atoms with E-state index in [1.54, 1.807) is 4.90 Å². The number of amides is 2. The molecule has 0 unspecified atom stereocenters. The third-order valence-electron chi connectivity index (χ3n) is 6.00. The highest BCUT2D eigenvalue weighted by Crippen LogP contribution is 2.20. The van der Waals surface area contributed by atoms with Crippen LogP contribution in [0.4, 0.5) is 0 Å². The lowest BCUT2D eigenvalue weighted by atomic mass is 9.97. The molecule has 3 rings (SSSR count). The summed E-state index contributed by atoms with van der Waals surface area (Å²) >= 11 is 0. The number of esters is 1. The van der Waals surface area contributed by atoms with Crippen LogP contribution in [0.1, 0.15) is 49.3 Å². The molecule has 1 aliphatic heterocycles. The Morgan fingerprint density at radius 1 is 1.03 bits per heavy atom. The molecule has 2 atom stereocenters. The van der Waals surface area contributed by atoms with Crippen LogP contribution in [0.15, 0.2) is 72.8 Å². The maximum atomic E-state index is 13.4. The quantitative estimate of drug-likeness (QED) is 0.469. The van der Waals surface area contributed by atoms with E-state index in [1.807, 2.05) is 72.8 Å². The summed E-state index contributed by atoms with van der Waals surface area (Å²) in [6.07, 6.45) is 5.96. The summed E-state index contributed by atoms with van der Waals surface area (Å²) in [6.45, 7) is 0.442. The molecule has 0 aromatic heterocycles. The molecule has 0 spiro atoms. The smallest absolute Gasteiger partial charge is 0.305 e. The molecule has 35 heavy (non-hydrogen) atoms. The summed E-state index contributed by atoms with van der Waals surface area (Å²) < 4.78 is 5.44. The van der Waals surface area contributed by atoms with Gasteiger partial charge >= 0.3 is 5.97 Å². The average molecular weight is 479 g/mol. The third kappa shape index (κ3) is 8.68. The van der Waals surface area contributed by atoms with Crippen molar-refractivity contribution < 1.29 is 24.2 Å². The first-order chi connectivity index (χ1) is 17.1. The predicted octanol–water partition coefficient (Wildman–Crippen LogP) is 3.54. The molecule has 2 aromatic carbocycles. The van der Waals surface area contributed by atoms with Crippen molar-refractivity contribution in [3.05, 3.63) is 83.9 Å². The van der Waals surface area contributed by atoms with Gasteiger partial charge in [-0.25, -0.2) is 0 Å². The summed E-state index contributed by atoms with van der Waals surface area (Å²) in [5.41, 5.74) is 1.79. The summed E-state index contributed by atoms with van der Waals surface area (Å²) in [6, 6.07) is 18.4. The van der Waals surface area contributed by atoms with Crippen LogP contribution in [0.2, 0.25) is 0 Å². The molecule has 2 N–H and O–H groups in total. The summed E-state index contributed by atoms with van der Waals surface area (Å²) in [4.78, 5) is 40.3. The van der Waals surface area contributed by atoms with E-state index in [0.717, 1.165) is 11.1 Å². The Morgan fingerprint density at radius 2 is 1.74 bits per heavy atom. The van der Waals surface area contributed by atoms with Gasteiger partial charge in [0.15, 0.2) is 0 Å². The SMILES string of the molecule is O=C1CCC/C=C\C[C@@H](CC(=O)N(CCO)Cc2ccccc2)C(=O)N[C@H](c2ccccc2)CO1. The van der Waals surface area contributed by atoms with Gasteiger partial charge in [0.05, 0.1) is 18.6 Å². The van der Waals surface area contributed by atoms with Gasteiger partial charge < -0.3 is 20.1 Å². The molecular weight excluding hydrogens is 444 g/mol. The molecule has 0 fully saturated rings. The normalized spacial score (nSPS) is 20.4. The Labute approximate surface area is 206 Å². The Bertz CT molecular complexity index is 977. The lowest BCUT2D eigenvalue weighted by molar-refractivity contribution is -0.145. The Hall–Kier alpha value is -3.45. The molecule has 2 aromatic rings. The molecule has 2 amide bonds. The number of ether oxygens (including phenoxy) is 1. The summed E-state index contributed by atoms with van der Waals surface area (Å²) in [5, 5.41) is 12.5. The van der Waals surface area contributed by atoms with Crippen molar-refractivity contribution >= 4 is 17.8 Å². The largest absolute Gasteiger partial charge is 0.463 e. The number of cyclic esters (lactones) is 1. The van der Waals surface area contributed by atoms with E-state index in [1.165, 1.54) is 0 Å². The van der Waals surface area contributed by atoms with E-state index in [0.29, 0.717) is 32.2 Å². The fourth-order valence-electron chi connectivity index (χ4n) is 4.03. The third-order valence-corrected chi connectivity index (χ3v) is 6.00. The second-order valence-corrected chi connectivity index (χ2v) is 8.68. The van der Waals surface area contributed by atoms with Crippen molar-refractivity contribution in [2.24, 2.45) is 5.92 Å². The highest BCUT2D eigenvalue weighted by Gasteiger charge is 2.27. The minimum atomic E-state index is -0.585. The fourth-order valence-corrected chi connectivity index (χ4v) is 4.03. The van der Waals surface area contributed by atoms with Crippen molar-refractivity contribution in [1.29, 1.82) is 0 Å². The molecular formula is C28H34N2O5. The minimum absolute atomic E-state index is 0.0182. The first kappa shape index (κ1) is 26.2. The molecule has 0 saturated carbocycles. The van der Waals surface area contributed by atoms with Gasteiger partial charge in [-0.1, -0.05) is 72.8 Å². The van der Waals surface area contributed by atoms with Gasteiger partial charge in [0, 0.05) is 25.9 Å². The van der Waals surface area contributed by atoms with Crippen molar-refractivity contribution in [2.45, 2.75) is 44.7 Å². The molecule has 7 heteroatoms. The Morgan fingerprint density at radius 3 is 2.46 bits per heavy atom. The Kier molecular flexibility index (Phi) is 10.5. The highest BCUT2D eigenvalue weighted by molar-refractivity contribution is 5.86. The van der Waals surface area contributed by atoms with Crippen LogP contribution in [0.25, 0.3) is 0 Å². The first-order valence-electron chi connectivity index (χ1n) is 12.2. The molecule has 1 aliphatic rings. The number of hydrogen-bond donors (Lipinski definition) is 2. The maximum absolute atomic E-state index is 13.4. The average Bonchev–Trinajstić information content (AvgIpc) is 2.89. The van der Waals surface area contributed by atoms with Crippen molar-refractivity contribution in [1.82, 2.24) is 10.2 Å². The minimum Gasteiger partial charge on any atom is -0.463 e. The van der Waals surface area contributed by atoms with E-state index in [2.05, 4.69) is 5.32 Å². The zero-order valence-electron chi connectivity index (χ0n) is 20.0. The highest BCUT2D eigenvalue weighted by atomic mass is 16.5. The molecule has 7 nitrogen and oxygen atoms in total. The Balaban J connectivity index is 1.77. The molecule has 1 heterocycles. The zero-order chi connectivity index (χ0) is 24.9. The van der Waals surface area contributed by atoms with Gasteiger partial charge in [0.2, 0.25) is 11.8 Å². The van der Waals surface area contributed by atoms with Crippen LogP contribution in [0.5, 0.6) is 0 Å². The standard InChI is InChI=1S/C28H34N2O5/c31-18-17-30(20-22-11-5-3-6-12-22)26(32)19-24-15-7-1-2-10-16-27(33)35-21-25(29-28(24)34)23-13-8-4-9-14-23/h1,3-9,11-14,24-25,31H,2,10,15-21H2,(H,29,34)/b7-1-/t24-,25-/m0/s1. The van der Waals surface area contributed by atoms with Crippen molar-refractivity contribution in [3.8, 4) is 0 Å². The van der Waals surface area contributed by atoms with Crippen LogP contribution in [-0.4, -0.2) is 47.5 Å². The molecule has 186 valence electrons. The van der Waals surface area contributed by atoms with Gasteiger partial charge in [-0.2, -0.15) is 0 Å². The molecule has 0 saturated heterocycles. The predicted molar refractivity (Wildman–Crippen MR) is 133 cm³/mol. The zero-order valence-corrected chi connectivity index (χ0v) is 20.0. The van der Waals surface area contributed by atoms with E-state index in [-0.39, 0.29) is 44.0 Å². The number of carbonyl (C=O) groups is 3. The molecule has 0 aliphatic carbocycles. The second kappa shape index (κ2) is 14.1. The molecule has 0 bridgehead atoms. The number of nitrogens with zero attached hydrogens (tertiary/aromatic N) is 1. The maximum Gasteiger partial charge on any atom is 0.305 e. The lowest BCUT2D eigenvalue weighted by Gasteiger charge is -2.26. The van der Waals surface area contributed by atoms with Gasteiger partial charge in [-0.15, -0.1) is 0 Å². The monoisotopic (exact) mass is 478 g/mol. The summed E-state index contributed by atoms with van der Waals surface area (Å²) in [5.74, 6) is -1.34. The number of hydrogen-bond acceptors (Lipinski definition) is 5. The number of aliphatic hydroxyl groups excluding tert-OH is 1. The number of carbonyl (C=O) groups excluding carboxylic acids is 3. The number of benzene rings is 2. The van der Waals surface area contributed by atoms with E-state index >= 15 is 0 Å². The van der Waals surface area contributed by atoms with E-state index < -0.39 is 12.0 Å². The molecule has 0 radical (unpaired) electrons. The number of rotatable bonds is 7. The van der Waals surface area contributed by atoms with Gasteiger partial charge in [-0.3, -0.25) is 14.4 Å². The number of aliphatic hydroxyl groups is 1. The van der Waals surface area contributed by atoms with Gasteiger partial charge in [0.1, 0.15) is 6.61 Å². The summed E-state index contributed by atoms with van der Waals surface area (Å²) in [7, 11) is 0. The van der Waals surface area contributed by atoms with E-state index in [9.17, 15) is 19.5 Å². The van der Waals surface area contributed by atoms with Gasteiger partial charge in [0.25, 0.3) is 0 Å². The first-order valence-corrected chi connectivity index (χ1v) is 12.2. The van der Waals surface area contributed by atoms with Crippen molar-refractivity contribution in [3.63, 3.8) is 0 Å². The lowest BCUT2D eigenvalue weighted by Crippen LogP contribution is -2.40. The topological polar surface area (TPSA) is 95.9 Å². The van der Waals surface area contributed by atoms with Crippen LogP contribution in [-0.2, 0) is 25.7 Å². The van der Waals surface area contributed by atoms with Crippen LogP contribution < -0.4 is 5.32 Å². The fraction of sp³-hybridized carbons (Fsp3) is 0.393. The van der Waals surface area contributed by atoms with Crippen molar-refractivity contribution in [2.75, 3.05) is 19.8 Å². The van der Waals surface area contributed by atoms with Crippen LogP contribution in [0, 0.1) is 5.92 Å². The number of nitrogens with one attached hydrogen (secondary N) is 1. The van der Waals surface area contributed by atoms with Crippen LogP contribution >= 0.6 is 0 Å². The van der Waals surface area contributed by atoms with E-state index in [4.69, 9.17) is 4.74 Å².